The lowest BCUT2D eigenvalue weighted by molar-refractivity contribution is 0.366. The molecule has 3 aromatic heterocycles. The molecule has 0 fully saturated rings. The number of aromatic amines is 1. The van der Waals surface area contributed by atoms with E-state index in [1.807, 2.05) is 50.6 Å². The lowest BCUT2D eigenvalue weighted by Gasteiger charge is -2.19. The van der Waals surface area contributed by atoms with E-state index in [1.54, 1.807) is 10.9 Å². The van der Waals surface area contributed by atoms with Crippen LogP contribution >= 0.6 is 0 Å². The minimum absolute atomic E-state index is 0.203. The molecule has 0 radical (unpaired) electrons. The molecule has 0 amide bonds. The Morgan fingerprint density at radius 2 is 1.87 bits per heavy atom. The second-order valence-electron chi connectivity index (χ2n) is 8.53. The van der Waals surface area contributed by atoms with E-state index >= 15 is 0 Å². The van der Waals surface area contributed by atoms with E-state index in [0.717, 1.165) is 23.5 Å². The number of hydrogen-bond acceptors (Lipinski definition) is 5. The first-order chi connectivity index (χ1) is 14.2. The van der Waals surface area contributed by atoms with Crippen LogP contribution in [0.2, 0.25) is 0 Å². The number of aryl methyl sites for hydroxylation is 1. The summed E-state index contributed by atoms with van der Waals surface area (Å²) in [6.07, 6.45) is 1.57. The molecule has 0 bridgehead atoms. The smallest absolute Gasteiger partial charge is 0.263 e. The van der Waals surface area contributed by atoms with Gasteiger partial charge in [-0.2, -0.15) is 15.2 Å². The van der Waals surface area contributed by atoms with Crippen molar-refractivity contribution in [2.75, 3.05) is 5.32 Å². The molecule has 0 unspecified atom stereocenters. The van der Waals surface area contributed by atoms with Gasteiger partial charge in [-0.25, -0.2) is 4.68 Å². The van der Waals surface area contributed by atoms with Gasteiger partial charge in [0.2, 0.25) is 5.95 Å². The molecule has 4 aromatic rings. The zero-order valence-corrected chi connectivity index (χ0v) is 18.0. The van der Waals surface area contributed by atoms with Crippen LogP contribution in [0, 0.1) is 13.8 Å². The van der Waals surface area contributed by atoms with Crippen molar-refractivity contribution in [3.05, 3.63) is 69.4 Å². The summed E-state index contributed by atoms with van der Waals surface area (Å²) in [6, 6.07) is 10.3. The van der Waals surface area contributed by atoms with Crippen LogP contribution in [0.4, 0.5) is 5.95 Å². The van der Waals surface area contributed by atoms with Crippen LogP contribution in [0.3, 0.4) is 0 Å². The Bertz CT molecular complexity index is 1240. The Balaban J connectivity index is 1.59. The molecule has 0 saturated carbocycles. The fraction of sp³-hybridized carbons (Fsp3) is 0.364. The highest BCUT2D eigenvalue weighted by Crippen LogP contribution is 2.20. The monoisotopic (exact) mass is 405 g/mol. The zero-order valence-electron chi connectivity index (χ0n) is 18.0. The third-order valence-corrected chi connectivity index (χ3v) is 5.21. The van der Waals surface area contributed by atoms with Crippen molar-refractivity contribution >= 4 is 17.0 Å². The summed E-state index contributed by atoms with van der Waals surface area (Å²) < 4.78 is 3.78. The summed E-state index contributed by atoms with van der Waals surface area (Å²) in [7, 11) is 0. The Morgan fingerprint density at radius 1 is 1.13 bits per heavy atom. The summed E-state index contributed by atoms with van der Waals surface area (Å²) >= 11 is 0. The van der Waals surface area contributed by atoms with E-state index in [9.17, 15) is 4.79 Å². The fourth-order valence-corrected chi connectivity index (χ4v) is 3.57. The summed E-state index contributed by atoms with van der Waals surface area (Å²) in [5.41, 5.74) is 4.44. The largest absolute Gasteiger partial charge is 0.351 e. The summed E-state index contributed by atoms with van der Waals surface area (Å²) in [6.45, 7) is 11.4. The number of anilines is 1. The van der Waals surface area contributed by atoms with Crippen LogP contribution in [0.25, 0.3) is 11.0 Å². The van der Waals surface area contributed by atoms with E-state index in [2.05, 4.69) is 39.4 Å². The number of nitrogens with zero attached hydrogens (tertiary/aromatic N) is 5. The number of fused-ring (bicyclic) bond motifs is 1. The van der Waals surface area contributed by atoms with Crippen LogP contribution in [-0.2, 0) is 18.6 Å². The van der Waals surface area contributed by atoms with Crippen LogP contribution in [0.1, 0.15) is 43.3 Å². The first kappa shape index (κ1) is 19.9. The molecule has 0 saturated heterocycles. The van der Waals surface area contributed by atoms with Crippen LogP contribution in [-0.4, -0.2) is 29.5 Å². The van der Waals surface area contributed by atoms with Gasteiger partial charge >= 0.3 is 0 Å². The molecule has 1 aromatic carbocycles. The van der Waals surface area contributed by atoms with Gasteiger partial charge in [0, 0.05) is 17.8 Å². The van der Waals surface area contributed by atoms with Crippen LogP contribution in [0.5, 0.6) is 0 Å². The maximum atomic E-state index is 12.5. The number of benzene rings is 1. The van der Waals surface area contributed by atoms with Crippen molar-refractivity contribution in [1.29, 1.82) is 0 Å². The van der Waals surface area contributed by atoms with Gasteiger partial charge in [0.1, 0.15) is 5.39 Å². The fourth-order valence-electron chi connectivity index (χ4n) is 3.57. The molecule has 3 heterocycles. The third-order valence-electron chi connectivity index (χ3n) is 5.21. The minimum Gasteiger partial charge on any atom is -0.351 e. The second-order valence-corrected chi connectivity index (χ2v) is 8.53. The first-order valence-corrected chi connectivity index (χ1v) is 10.0. The maximum absolute atomic E-state index is 12.5. The highest BCUT2D eigenvalue weighted by molar-refractivity contribution is 5.74. The molecule has 8 nitrogen and oxygen atoms in total. The lowest BCUT2D eigenvalue weighted by Crippen LogP contribution is -2.24. The molecule has 8 heteroatoms. The minimum atomic E-state index is -0.272. The molecule has 2 N–H and O–H groups in total. The number of nitrogens with one attached hydrogen (secondary N) is 2. The number of aromatic nitrogens is 6. The van der Waals surface area contributed by atoms with Crippen LogP contribution < -0.4 is 10.9 Å². The predicted octanol–water partition coefficient (Wildman–Crippen LogP) is 3.35. The Labute approximate surface area is 175 Å². The standard InChI is InChI=1S/C22H27N7O/c1-14-17(15(2)28(27-14)13-16-9-7-6-8-10-16)11-23-21-25-19-18(20(30)26-21)12-24-29(19)22(3,4)5/h6-10,12H,11,13H2,1-5H3,(H2,23,25,26,30). The molecule has 0 aliphatic rings. The van der Waals surface area contributed by atoms with Crippen molar-refractivity contribution in [2.24, 2.45) is 0 Å². The van der Waals surface area contributed by atoms with E-state index in [1.165, 1.54) is 5.56 Å². The van der Waals surface area contributed by atoms with E-state index in [4.69, 9.17) is 5.10 Å². The predicted molar refractivity (Wildman–Crippen MR) is 118 cm³/mol. The summed E-state index contributed by atoms with van der Waals surface area (Å²) in [5, 5.41) is 12.8. The molecule has 156 valence electrons. The lowest BCUT2D eigenvalue weighted by atomic mass is 10.1. The van der Waals surface area contributed by atoms with Crippen molar-refractivity contribution in [1.82, 2.24) is 29.5 Å². The average molecular weight is 406 g/mol. The van der Waals surface area contributed by atoms with E-state index in [-0.39, 0.29) is 11.1 Å². The molecule has 0 aliphatic carbocycles. The highest BCUT2D eigenvalue weighted by atomic mass is 16.1. The SMILES string of the molecule is Cc1nn(Cc2ccccc2)c(C)c1CNc1nc2c(cnn2C(C)(C)C)c(=O)[nH]1. The molecule has 4 rings (SSSR count). The zero-order chi connectivity index (χ0) is 21.5. The summed E-state index contributed by atoms with van der Waals surface area (Å²) in [5.74, 6) is 0.424. The van der Waals surface area contributed by atoms with Gasteiger partial charge in [0.25, 0.3) is 5.56 Å². The first-order valence-electron chi connectivity index (χ1n) is 10.0. The normalized spacial score (nSPS) is 11.9. The van der Waals surface area contributed by atoms with Crippen molar-refractivity contribution in [3.63, 3.8) is 0 Å². The van der Waals surface area contributed by atoms with Gasteiger partial charge < -0.3 is 5.32 Å². The van der Waals surface area contributed by atoms with Crippen molar-refractivity contribution in [3.8, 4) is 0 Å². The molecule has 0 spiro atoms. The Hall–Kier alpha value is -3.42. The van der Waals surface area contributed by atoms with Crippen molar-refractivity contribution < 1.29 is 0 Å². The number of rotatable bonds is 5. The van der Waals surface area contributed by atoms with Gasteiger partial charge in [-0.05, 0) is 40.2 Å². The van der Waals surface area contributed by atoms with Crippen LogP contribution in [0.15, 0.2) is 41.3 Å². The van der Waals surface area contributed by atoms with Gasteiger partial charge in [0.15, 0.2) is 5.65 Å². The Kier molecular flexibility index (Phi) is 4.93. The highest BCUT2D eigenvalue weighted by Gasteiger charge is 2.20. The topological polar surface area (TPSA) is 93.4 Å². The molecule has 0 atom stereocenters. The third kappa shape index (κ3) is 3.72. The molecule has 30 heavy (non-hydrogen) atoms. The van der Waals surface area contributed by atoms with Crippen molar-refractivity contribution in [2.45, 2.75) is 53.2 Å². The molecule has 0 aliphatic heterocycles. The van der Waals surface area contributed by atoms with Gasteiger partial charge in [-0.15, -0.1) is 0 Å². The number of hydrogen-bond donors (Lipinski definition) is 2. The Morgan fingerprint density at radius 3 is 2.57 bits per heavy atom. The maximum Gasteiger partial charge on any atom is 0.263 e. The van der Waals surface area contributed by atoms with E-state index in [0.29, 0.717) is 23.5 Å². The van der Waals surface area contributed by atoms with Gasteiger partial charge in [-0.3, -0.25) is 14.5 Å². The van der Waals surface area contributed by atoms with E-state index < -0.39 is 0 Å². The number of H-pyrrole nitrogens is 1. The molecular weight excluding hydrogens is 378 g/mol. The quantitative estimate of drug-likeness (QED) is 0.531. The van der Waals surface area contributed by atoms with Gasteiger partial charge in [-0.1, -0.05) is 30.3 Å². The molecular formula is C22H27N7O. The second kappa shape index (κ2) is 7.44. The summed E-state index contributed by atoms with van der Waals surface area (Å²) in [4.78, 5) is 19.9. The van der Waals surface area contributed by atoms with Gasteiger partial charge in [0.05, 0.1) is 24.0 Å². The average Bonchev–Trinajstić information content (AvgIpc) is 3.23.